The summed E-state index contributed by atoms with van der Waals surface area (Å²) >= 11 is 5.77. The standard InChI is InChI=1S/C12H13ClN2.ClH/c13-12-2-1-8(7-15-12)9-3-10-5-14-6-11(10)4-9;/h1-3,7,10-11,14H,4-6H2;1H/t10-,11+;/m0./s1. The van der Waals surface area contributed by atoms with Gasteiger partial charge in [0.15, 0.2) is 0 Å². The van der Waals surface area contributed by atoms with E-state index < -0.39 is 0 Å². The highest BCUT2D eigenvalue weighted by Crippen LogP contribution is 2.37. The number of hydrogen-bond donors (Lipinski definition) is 1. The number of pyridine rings is 1. The molecule has 1 N–H and O–H groups in total. The number of rotatable bonds is 1. The molecule has 2 aliphatic rings. The van der Waals surface area contributed by atoms with Crippen molar-refractivity contribution in [1.29, 1.82) is 0 Å². The van der Waals surface area contributed by atoms with Gasteiger partial charge in [0, 0.05) is 12.7 Å². The number of nitrogens with zero attached hydrogens (tertiary/aromatic N) is 1. The zero-order chi connectivity index (χ0) is 10.3. The zero-order valence-electron chi connectivity index (χ0n) is 8.82. The Morgan fingerprint density at radius 2 is 2.19 bits per heavy atom. The maximum atomic E-state index is 5.77. The molecule has 16 heavy (non-hydrogen) atoms. The summed E-state index contributed by atoms with van der Waals surface area (Å²) in [4.78, 5) is 4.13. The highest BCUT2D eigenvalue weighted by molar-refractivity contribution is 6.29. The third-order valence-corrected chi connectivity index (χ3v) is 3.61. The summed E-state index contributed by atoms with van der Waals surface area (Å²) in [5.41, 5.74) is 2.67. The average molecular weight is 257 g/mol. The molecule has 0 radical (unpaired) electrons. The van der Waals surface area contributed by atoms with Gasteiger partial charge < -0.3 is 5.32 Å². The van der Waals surface area contributed by atoms with E-state index in [1.807, 2.05) is 12.3 Å². The lowest BCUT2D eigenvalue weighted by molar-refractivity contribution is 0.536. The number of fused-ring (bicyclic) bond motifs is 1. The summed E-state index contributed by atoms with van der Waals surface area (Å²) in [6.07, 6.45) is 5.46. The summed E-state index contributed by atoms with van der Waals surface area (Å²) in [6.45, 7) is 2.29. The minimum absolute atomic E-state index is 0. The first-order valence-electron chi connectivity index (χ1n) is 5.36. The van der Waals surface area contributed by atoms with Crippen molar-refractivity contribution in [1.82, 2.24) is 10.3 Å². The predicted octanol–water partition coefficient (Wildman–Crippen LogP) is 2.78. The maximum absolute atomic E-state index is 5.77. The Balaban J connectivity index is 0.000000963. The molecule has 86 valence electrons. The summed E-state index contributed by atoms with van der Waals surface area (Å²) in [5.74, 6) is 1.53. The van der Waals surface area contributed by atoms with Crippen molar-refractivity contribution in [2.45, 2.75) is 6.42 Å². The second-order valence-electron chi connectivity index (χ2n) is 4.35. The van der Waals surface area contributed by atoms with Gasteiger partial charge >= 0.3 is 0 Å². The molecule has 0 amide bonds. The van der Waals surface area contributed by atoms with Gasteiger partial charge in [0.1, 0.15) is 5.15 Å². The van der Waals surface area contributed by atoms with Crippen LogP contribution in [0.1, 0.15) is 12.0 Å². The van der Waals surface area contributed by atoms with Gasteiger partial charge in [-0.25, -0.2) is 4.98 Å². The Morgan fingerprint density at radius 1 is 1.31 bits per heavy atom. The molecule has 1 aromatic heterocycles. The quantitative estimate of drug-likeness (QED) is 0.782. The van der Waals surface area contributed by atoms with Crippen molar-refractivity contribution in [3.05, 3.63) is 35.1 Å². The van der Waals surface area contributed by atoms with Crippen molar-refractivity contribution in [3.8, 4) is 0 Å². The van der Waals surface area contributed by atoms with Crippen LogP contribution >= 0.6 is 24.0 Å². The third-order valence-electron chi connectivity index (χ3n) is 3.39. The second kappa shape index (κ2) is 4.74. The molecule has 0 unspecified atom stereocenters. The SMILES string of the molecule is Cl.Clc1ccc(C2=C[C@H]3CNC[C@H]3C2)cn1. The van der Waals surface area contributed by atoms with Crippen molar-refractivity contribution < 1.29 is 0 Å². The van der Waals surface area contributed by atoms with Gasteiger partial charge in [-0.2, -0.15) is 0 Å². The van der Waals surface area contributed by atoms with Crippen LogP contribution in [0.2, 0.25) is 5.15 Å². The van der Waals surface area contributed by atoms with Gasteiger partial charge in [-0.15, -0.1) is 12.4 Å². The Kier molecular flexibility index (Phi) is 3.53. The van der Waals surface area contributed by atoms with E-state index in [4.69, 9.17) is 11.6 Å². The van der Waals surface area contributed by atoms with E-state index in [2.05, 4.69) is 22.4 Å². The van der Waals surface area contributed by atoms with Crippen LogP contribution in [0.3, 0.4) is 0 Å². The number of hydrogen-bond acceptors (Lipinski definition) is 2. The van der Waals surface area contributed by atoms with Crippen LogP contribution in [0.25, 0.3) is 5.57 Å². The monoisotopic (exact) mass is 256 g/mol. The Bertz CT molecular complexity index is 400. The van der Waals surface area contributed by atoms with Crippen LogP contribution in [0.5, 0.6) is 0 Å². The highest BCUT2D eigenvalue weighted by atomic mass is 35.5. The van der Waals surface area contributed by atoms with E-state index >= 15 is 0 Å². The number of allylic oxidation sites excluding steroid dienone is 1. The topological polar surface area (TPSA) is 24.9 Å². The van der Waals surface area contributed by atoms with E-state index in [0.717, 1.165) is 24.9 Å². The lowest BCUT2D eigenvalue weighted by atomic mass is 9.99. The molecule has 1 saturated heterocycles. The van der Waals surface area contributed by atoms with Crippen LogP contribution in [0.4, 0.5) is 0 Å². The van der Waals surface area contributed by atoms with E-state index in [1.165, 1.54) is 17.6 Å². The smallest absolute Gasteiger partial charge is 0.129 e. The first-order chi connectivity index (χ1) is 7.33. The molecular formula is C12H14Cl2N2. The molecule has 1 aromatic rings. The molecule has 2 nitrogen and oxygen atoms in total. The van der Waals surface area contributed by atoms with Crippen LogP contribution < -0.4 is 5.32 Å². The molecule has 2 atom stereocenters. The van der Waals surface area contributed by atoms with E-state index in [1.54, 1.807) is 0 Å². The molecule has 1 fully saturated rings. The van der Waals surface area contributed by atoms with E-state index in [9.17, 15) is 0 Å². The molecule has 0 spiro atoms. The van der Waals surface area contributed by atoms with Crippen LogP contribution in [0.15, 0.2) is 24.4 Å². The molecule has 4 heteroatoms. The lowest BCUT2D eigenvalue weighted by Gasteiger charge is -2.06. The summed E-state index contributed by atoms with van der Waals surface area (Å²) in [6, 6.07) is 3.93. The van der Waals surface area contributed by atoms with E-state index in [0.29, 0.717) is 5.15 Å². The van der Waals surface area contributed by atoms with Gasteiger partial charge in [-0.1, -0.05) is 23.7 Å². The van der Waals surface area contributed by atoms with Gasteiger partial charge in [0.25, 0.3) is 0 Å². The maximum Gasteiger partial charge on any atom is 0.129 e. The van der Waals surface area contributed by atoms with Gasteiger partial charge in [-0.3, -0.25) is 0 Å². The number of nitrogens with one attached hydrogen (secondary N) is 1. The van der Waals surface area contributed by atoms with Crippen molar-refractivity contribution >= 4 is 29.6 Å². The Morgan fingerprint density at radius 3 is 2.88 bits per heavy atom. The fourth-order valence-corrected chi connectivity index (χ4v) is 2.67. The first kappa shape index (κ1) is 11.9. The fraction of sp³-hybridized carbons (Fsp3) is 0.417. The fourth-order valence-electron chi connectivity index (χ4n) is 2.56. The van der Waals surface area contributed by atoms with Gasteiger partial charge in [0.05, 0.1) is 0 Å². The first-order valence-corrected chi connectivity index (χ1v) is 5.74. The molecule has 2 heterocycles. The van der Waals surface area contributed by atoms with Crippen LogP contribution in [-0.4, -0.2) is 18.1 Å². The van der Waals surface area contributed by atoms with Crippen molar-refractivity contribution in [3.63, 3.8) is 0 Å². The Hall–Kier alpha value is -0.570. The molecule has 1 aliphatic carbocycles. The lowest BCUT2D eigenvalue weighted by Crippen LogP contribution is -2.09. The van der Waals surface area contributed by atoms with E-state index in [-0.39, 0.29) is 12.4 Å². The number of halogens is 2. The average Bonchev–Trinajstić information content (AvgIpc) is 2.78. The second-order valence-corrected chi connectivity index (χ2v) is 4.74. The summed E-state index contributed by atoms with van der Waals surface area (Å²) in [5, 5.41) is 3.99. The minimum Gasteiger partial charge on any atom is -0.316 e. The zero-order valence-corrected chi connectivity index (χ0v) is 10.4. The Labute approximate surface area is 107 Å². The summed E-state index contributed by atoms with van der Waals surface area (Å²) < 4.78 is 0. The van der Waals surface area contributed by atoms with Crippen molar-refractivity contribution in [2.24, 2.45) is 11.8 Å². The van der Waals surface area contributed by atoms with Crippen LogP contribution in [-0.2, 0) is 0 Å². The molecule has 1 aliphatic heterocycles. The molecule has 0 saturated carbocycles. The molecule has 0 aromatic carbocycles. The van der Waals surface area contributed by atoms with Gasteiger partial charge in [-0.05, 0) is 42.0 Å². The highest BCUT2D eigenvalue weighted by Gasteiger charge is 2.31. The molecule has 0 bridgehead atoms. The normalized spacial score (nSPS) is 27.2. The van der Waals surface area contributed by atoms with Crippen LogP contribution in [0, 0.1) is 11.8 Å². The van der Waals surface area contributed by atoms with Gasteiger partial charge in [0.2, 0.25) is 0 Å². The minimum atomic E-state index is 0. The molecular weight excluding hydrogens is 243 g/mol. The number of aromatic nitrogens is 1. The molecule has 3 rings (SSSR count). The largest absolute Gasteiger partial charge is 0.316 e. The summed E-state index contributed by atoms with van der Waals surface area (Å²) in [7, 11) is 0. The third kappa shape index (κ3) is 2.10. The van der Waals surface area contributed by atoms with Crippen molar-refractivity contribution in [2.75, 3.05) is 13.1 Å². The predicted molar refractivity (Wildman–Crippen MR) is 68.9 cm³/mol.